The van der Waals surface area contributed by atoms with Crippen LogP contribution >= 0.6 is 23.2 Å². The Morgan fingerprint density at radius 2 is 1.83 bits per heavy atom. The number of rotatable bonds is 9. The summed E-state index contributed by atoms with van der Waals surface area (Å²) in [4.78, 5) is 51.2. The summed E-state index contributed by atoms with van der Waals surface area (Å²) < 4.78 is 15.7. The van der Waals surface area contributed by atoms with Gasteiger partial charge in [0.15, 0.2) is 5.82 Å². The Labute approximate surface area is 272 Å². The lowest BCUT2D eigenvalue weighted by molar-refractivity contribution is -0.125. The molecule has 11 nitrogen and oxygen atoms in total. The Bertz CT molecular complexity index is 1880. The van der Waals surface area contributed by atoms with Crippen molar-refractivity contribution in [3.05, 3.63) is 105 Å². The first-order chi connectivity index (χ1) is 22.0. The molecule has 46 heavy (non-hydrogen) atoms. The van der Waals surface area contributed by atoms with E-state index in [4.69, 9.17) is 23.2 Å². The number of benzene rings is 2. The molecular weight excluding hydrogens is 636 g/mol. The van der Waals surface area contributed by atoms with Crippen LogP contribution in [0.2, 0.25) is 10.0 Å². The number of nitriles is 1. The predicted molar refractivity (Wildman–Crippen MR) is 166 cm³/mol. The Kier molecular flexibility index (Phi) is 8.02. The topological polar surface area (TPSA) is 153 Å². The number of hydrogen-bond acceptors (Lipinski definition) is 7. The molecule has 3 heterocycles. The number of aliphatic hydroxyl groups excluding tert-OH is 1. The van der Waals surface area contributed by atoms with Crippen molar-refractivity contribution in [2.45, 2.75) is 43.3 Å². The molecule has 2 aromatic carbocycles. The average molecular weight is 663 g/mol. The molecule has 234 valence electrons. The van der Waals surface area contributed by atoms with E-state index in [1.807, 2.05) is 12.1 Å². The Balaban J connectivity index is 1.34. The van der Waals surface area contributed by atoms with Gasteiger partial charge in [-0.3, -0.25) is 23.9 Å². The third kappa shape index (κ3) is 5.36. The molecule has 0 radical (unpaired) electrons. The van der Waals surface area contributed by atoms with Crippen LogP contribution in [-0.4, -0.2) is 50.0 Å². The fourth-order valence-corrected chi connectivity index (χ4v) is 6.17. The Morgan fingerprint density at radius 3 is 2.41 bits per heavy atom. The van der Waals surface area contributed by atoms with Crippen molar-refractivity contribution in [1.82, 2.24) is 25.2 Å². The van der Waals surface area contributed by atoms with Crippen LogP contribution in [0.3, 0.4) is 0 Å². The second kappa shape index (κ2) is 11.8. The molecule has 1 aliphatic heterocycles. The van der Waals surface area contributed by atoms with Gasteiger partial charge >= 0.3 is 0 Å². The SMILES string of the molecule is C[C@@]1(Cc2ccc(C#N)cc2)C(=O)N(c2cc(Cl)c(F)c(Cl)c2)c2ncc(C(=O)N[C@@H](CO)C(=O)NC3(c4ccccn4)CC3)n21. The van der Waals surface area contributed by atoms with Crippen molar-refractivity contribution < 1.29 is 23.9 Å². The number of amides is 3. The Hall–Kier alpha value is -4.83. The lowest BCUT2D eigenvalue weighted by atomic mass is 9.91. The van der Waals surface area contributed by atoms with Crippen LogP contribution in [0.25, 0.3) is 0 Å². The van der Waals surface area contributed by atoms with E-state index in [1.165, 1.54) is 27.8 Å². The molecule has 1 fully saturated rings. The first-order valence-electron chi connectivity index (χ1n) is 14.2. The van der Waals surface area contributed by atoms with Gasteiger partial charge in [-0.15, -0.1) is 0 Å². The molecular formula is C32H26Cl2FN7O4. The molecule has 6 rings (SSSR count). The average Bonchev–Trinajstić information content (AvgIpc) is 3.64. The largest absolute Gasteiger partial charge is 0.394 e. The Morgan fingerprint density at radius 1 is 1.13 bits per heavy atom. The van der Waals surface area contributed by atoms with E-state index >= 15 is 0 Å². The number of halogens is 3. The van der Waals surface area contributed by atoms with Crippen molar-refractivity contribution in [3.8, 4) is 6.07 Å². The minimum Gasteiger partial charge on any atom is -0.394 e. The fraction of sp³-hybridized carbons (Fsp3) is 0.250. The minimum atomic E-state index is -1.46. The van der Waals surface area contributed by atoms with E-state index in [9.17, 15) is 29.1 Å². The van der Waals surface area contributed by atoms with Gasteiger partial charge in [0.1, 0.15) is 17.3 Å². The molecule has 4 aromatic rings. The maximum Gasteiger partial charge on any atom is 0.270 e. The lowest BCUT2D eigenvalue weighted by Crippen LogP contribution is -2.52. The van der Waals surface area contributed by atoms with Crippen molar-refractivity contribution >= 4 is 52.6 Å². The molecule has 2 aromatic heterocycles. The molecule has 0 bridgehead atoms. The van der Waals surface area contributed by atoms with Crippen LogP contribution in [0.15, 0.2) is 67.0 Å². The molecule has 14 heteroatoms. The van der Waals surface area contributed by atoms with E-state index in [1.54, 1.807) is 49.5 Å². The van der Waals surface area contributed by atoms with E-state index < -0.39 is 47.3 Å². The van der Waals surface area contributed by atoms with Gasteiger partial charge in [0, 0.05) is 12.6 Å². The van der Waals surface area contributed by atoms with Gasteiger partial charge in [0.25, 0.3) is 11.8 Å². The van der Waals surface area contributed by atoms with Crippen molar-refractivity contribution in [1.29, 1.82) is 5.26 Å². The van der Waals surface area contributed by atoms with Crippen molar-refractivity contribution in [2.75, 3.05) is 11.5 Å². The summed E-state index contributed by atoms with van der Waals surface area (Å²) in [5.74, 6) is -2.72. The number of carbonyl (C=O) groups excluding carboxylic acids is 3. The smallest absolute Gasteiger partial charge is 0.270 e. The van der Waals surface area contributed by atoms with E-state index in [-0.39, 0.29) is 33.8 Å². The number of anilines is 2. The lowest BCUT2D eigenvalue weighted by Gasteiger charge is -2.27. The number of hydrogen-bond donors (Lipinski definition) is 3. The van der Waals surface area contributed by atoms with Gasteiger partial charge in [0.2, 0.25) is 11.9 Å². The van der Waals surface area contributed by atoms with E-state index in [0.29, 0.717) is 29.7 Å². The van der Waals surface area contributed by atoms with Gasteiger partial charge in [0.05, 0.1) is 51.4 Å². The van der Waals surface area contributed by atoms with Crippen LogP contribution in [0.1, 0.15) is 47.1 Å². The van der Waals surface area contributed by atoms with Crippen LogP contribution in [0, 0.1) is 17.1 Å². The zero-order valence-electron chi connectivity index (χ0n) is 24.3. The summed E-state index contributed by atoms with van der Waals surface area (Å²) in [7, 11) is 0. The molecule has 1 saturated carbocycles. The molecule has 0 spiro atoms. The van der Waals surface area contributed by atoms with Crippen LogP contribution in [0.4, 0.5) is 16.0 Å². The third-order valence-corrected chi connectivity index (χ3v) is 8.81. The third-order valence-electron chi connectivity index (χ3n) is 8.26. The van der Waals surface area contributed by atoms with Crippen LogP contribution in [0.5, 0.6) is 0 Å². The highest BCUT2D eigenvalue weighted by atomic mass is 35.5. The van der Waals surface area contributed by atoms with Crippen molar-refractivity contribution in [3.63, 3.8) is 0 Å². The normalized spacial score (nSPS) is 18.4. The second-order valence-electron chi connectivity index (χ2n) is 11.4. The number of fused-ring (bicyclic) bond motifs is 1. The zero-order chi connectivity index (χ0) is 32.8. The first kappa shape index (κ1) is 31.2. The number of aromatic nitrogens is 3. The van der Waals surface area contributed by atoms with E-state index in [2.05, 4.69) is 20.6 Å². The molecule has 1 aliphatic carbocycles. The number of imidazole rings is 1. The summed E-state index contributed by atoms with van der Waals surface area (Å²) in [5.41, 5.74) is -0.310. The summed E-state index contributed by atoms with van der Waals surface area (Å²) in [6.07, 6.45) is 4.25. The van der Waals surface area contributed by atoms with Gasteiger partial charge in [-0.25, -0.2) is 14.3 Å². The highest BCUT2D eigenvalue weighted by Crippen LogP contribution is 2.45. The fourth-order valence-electron chi connectivity index (χ4n) is 5.69. The van der Waals surface area contributed by atoms with Gasteiger partial charge < -0.3 is 15.7 Å². The highest BCUT2D eigenvalue weighted by Gasteiger charge is 2.52. The minimum absolute atomic E-state index is 0.0297. The molecule has 0 saturated heterocycles. The highest BCUT2D eigenvalue weighted by molar-refractivity contribution is 6.35. The monoisotopic (exact) mass is 661 g/mol. The summed E-state index contributed by atoms with van der Waals surface area (Å²) in [6.45, 7) is 0.916. The molecule has 2 aliphatic rings. The predicted octanol–water partition coefficient (Wildman–Crippen LogP) is 4.13. The standard InChI is InChI=1S/C32H26Cl2FN7O4/c1-31(14-18-5-7-19(15-36)8-6-18)29(46)41(20-12-21(33)26(35)22(34)13-20)30-38-16-24(42(30)31)28(45)39-23(17-43)27(44)40-32(9-10-32)25-4-2-3-11-37-25/h2-8,11-13,16,23,43H,9-10,14,17H2,1H3,(H,39,45)(H,40,44)/t23-,31+/m0/s1. The van der Waals surface area contributed by atoms with Crippen LogP contribution in [-0.2, 0) is 27.1 Å². The number of nitrogens with one attached hydrogen (secondary N) is 2. The molecule has 2 atom stereocenters. The van der Waals surface area contributed by atoms with Gasteiger partial charge in [-0.1, -0.05) is 41.4 Å². The second-order valence-corrected chi connectivity index (χ2v) is 12.2. The first-order valence-corrected chi connectivity index (χ1v) is 15.0. The number of pyridine rings is 1. The van der Waals surface area contributed by atoms with Gasteiger partial charge in [-0.2, -0.15) is 5.26 Å². The number of aliphatic hydroxyl groups is 1. The molecule has 3 N–H and O–H groups in total. The van der Waals surface area contributed by atoms with Crippen LogP contribution < -0.4 is 15.5 Å². The van der Waals surface area contributed by atoms with Crippen molar-refractivity contribution in [2.24, 2.45) is 0 Å². The summed E-state index contributed by atoms with van der Waals surface area (Å²) in [5, 5.41) is 24.2. The molecule has 3 amide bonds. The van der Waals surface area contributed by atoms with Gasteiger partial charge in [-0.05, 0) is 61.7 Å². The quantitative estimate of drug-likeness (QED) is 0.228. The van der Waals surface area contributed by atoms with E-state index in [0.717, 1.165) is 0 Å². The maximum absolute atomic E-state index is 14.3. The molecule has 0 unspecified atom stereocenters. The summed E-state index contributed by atoms with van der Waals surface area (Å²) in [6, 6.07) is 15.2. The maximum atomic E-state index is 14.3. The number of carbonyl (C=O) groups is 3. The zero-order valence-corrected chi connectivity index (χ0v) is 25.8. The number of nitrogens with zero attached hydrogens (tertiary/aromatic N) is 5. The summed E-state index contributed by atoms with van der Waals surface area (Å²) >= 11 is 12.1.